The first-order valence-corrected chi connectivity index (χ1v) is 9.06. The Morgan fingerprint density at radius 3 is 2.54 bits per heavy atom. The van der Waals surface area contributed by atoms with Crippen molar-refractivity contribution < 1.29 is 13.3 Å². The van der Waals surface area contributed by atoms with Crippen molar-refractivity contribution in [3.05, 3.63) is 33.9 Å². The highest BCUT2D eigenvalue weighted by atomic mass is 35.5. The molecule has 9 heteroatoms. The van der Waals surface area contributed by atoms with E-state index in [1.54, 1.807) is 0 Å². The van der Waals surface area contributed by atoms with E-state index in [2.05, 4.69) is 0 Å². The van der Waals surface area contributed by atoms with Crippen LogP contribution < -0.4 is 5.73 Å². The monoisotopic (exact) mass is 377 g/mol. The predicted octanol–water partition coefficient (Wildman–Crippen LogP) is 2.33. The lowest BCUT2D eigenvalue weighted by Gasteiger charge is -2.41. The van der Waals surface area contributed by atoms with Gasteiger partial charge in [0.05, 0.1) is 9.82 Å². The van der Waals surface area contributed by atoms with Gasteiger partial charge in [-0.05, 0) is 23.8 Å². The van der Waals surface area contributed by atoms with Crippen LogP contribution in [-0.4, -0.2) is 36.8 Å². The molecule has 1 aromatic carbocycles. The highest BCUT2D eigenvalue weighted by molar-refractivity contribution is 7.89. The molecule has 1 unspecified atom stereocenters. The summed E-state index contributed by atoms with van der Waals surface area (Å²) in [6.45, 7) is 6.35. The van der Waals surface area contributed by atoms with Crippen molar-refractivity contribution in [1.29, 1.82) is 0 Å². The first-order chi connectivity index (χ1) is 10.6. The summed E-state index contributed by atoms with van der Waals surface area (Å²) in [5.41, 5.74) is 6.10. The van der Waals surface area contributed by atoms with Gasteiger partial charge >= 0.3 is 0 Å². The summed E-state index contributed by atoms with van der Waals surface area (Å²) in [6.07, 6.45) is 1.06. The maximum absolute atomic E-state index is 13.0. The lowest BCUT2D eigenvalue weighted by molar-refractivity contribution is -0.385. The third-order valence-corrected chi connectivity index (χ3v) is 6.46. The lowest BCUT2D eigenvalue weighted by atomic mass is 9.81. The molecule has 0 aliphatic carbocycles. The van der Waals surface area contributed by atoms with Crippen molar-refractivity contribution >= 4 is 28.1 Å². The maximum atomic E-state index is 13.0. The Hall–Kier alpha value is -1.22. The molecule has 2 N–H and O–H groups in total. The average molecular weight is 378 g/mol. The van der Waals surface area contributed by atoms with Crippen LogP contribution in [0.25, 0.3) is 0 Å². The summed E-state index contributed by atoms with van der Waals surface area (Å²) < 4.78 is 27.4. The SMILES string of the molecule is CCc1ccc([N+](=O)[O-])cc1S(=O)(=O)N1CCC(N)C(C)(C)C1.Cl. The third kappa shape index (κ3) is 3.88. The number of sulfonamides is 1. The molecular weight excluding hydrogens is 354 g/mol. The van der Waals surface area contributed by atoms with Crippen LogP contribution in [0.5, 0.6) is 0 Å². The van der Waals surface area contributed by atoms with Crippen LogP contribution in [0.15, 0.2) is 23.1 Å². The first-order valence-electron chi connectivity index (χ1n) is 7.62. The first kappa shape index (κ1) is 20.8. The molecule has 0 saturated carbocycles. The van der Waals surface area contributed by atoms with Gasteiger partial charge in [0.15, 0.2) is 0 Å². The maximum Gasteiger partial charge on any atom is 0.270 e. The summed E-state index contributed by atoms with van der Waals surface area (Å²) in [5.74, 6) is 0. The zero-order valence-electron chi connectivity index (χ0n) is 14.1. The predicted molar refractivity (Wildman–Crippen MR) is 94.9 cm³/mol. The van der Waals surface area contributed by atoms with Gasteiger partial charge in [-0.15, -0.1) is 12.4 Å². The van der Waals surface area contributed by atoms with Crippen molar-refractivity contribution in [3.63, 3.8) is 0 Å². The van der Waals surface area contributed by atoms with Gasteiger partial charge in [-0.3, -0.25) is 10.1 Å². The standard InChI is InChI=1S/C15H23N3O4S.ClH/c1-4-11-5-6-12(18(19)20)9-13(11)23(21,22)17-8-7-14(16)15(2,3)10-17;/h5-6,9,14H,4,7-8,10,16H2,1-3H3;1H. The fourth-order valence-corrected chi connectivity index (χ4v) is 4.80. The highest BCUT2D eigenvalue weighted by Gasteiger charge is 2.39. The Morgan fingerprint density at radius 2 is 2.04 bits per heavy atom. The molecule has 1 aliphatic heterocycles. The summed E-state index contributed by atoms with van der Waals surface area (Å²) in [5, 5.41) is 11.0. The number of halogens is 1. The van der Waals surface area contributed by atoms with E-state index in [1.807, 2.05) is 20.8 Å². The number of nitrogens with two attached hydrogens (primary N) is 1. The molecule has 7 nitrogen and oxygen atoms in total. The summed E-state index contributed by atoms with van der Waals surface area (Å²) in [4.78, 5) is 10.4. The molecule has 0 radical (unpaired) electrons. The minimum Gasteiger partial charge on any atom is -0.327 e. The number of nitro benzene ring substituents is 1. The molecule has 0 bridgehead atoms. The largest absolute Gasteiger partial charge is 0.327 e. The summed E-state index contributed by atoms with van der Waals surface area (Å²) >= 11 is 0. The second kappa shape index (κ2) is 7.35. The van der Waals surface area contributed by atoms with Crippen LogP contribution >= 0.6 is 12.4 Å². The van der Waals surface area contributed by atoms with Gasteiger partial charge in [-0.25, -0.2) is 8.42 Å². The molecule has 24 heavy (non-hydrogen) atoms. The average Bonchev–Trinajstić information content (AvgIpc) is 2.49. The molecule has 1 fully saturated rings. The normalized spacial score (nSPS) is 21.1. The molecule has 136 valence electrons. The van der Waals surface area contributed by atoms with Gasteiger partial charge in [-0.2, -0.15) is 4.31 Å². The zero-order chi connectivity index (χ0) is 17.4. The number of nitro groups is 1. The van der Waals surface area contributed by atoms with Gasteiger partial charge in [0, 0.05) is 31.3 Å². The van der Waals surface area contributed by atoms with E-state index >= 15 is 0 Å². The summed E-state index contributed by atoms with van der Waals surface area (Å²) in [6, 6.07) is 3.96. The summed E-state index contributed by atoms with van der Waals surface area (Å²) in [7, 11) is -3.78. The van der Waals surface area contributed by atoms with E-state index in [9.17, 15) is 18.5 Å². The van der Waals surface area contributed by atoms with Gasteiger partial charge in [0.2, 0.25) is 10.0 Å². The second-order valence-electron chi connectivity index (χ2n) is 6.63. The number of hydrogen-bond donors (Lipinski definition) is 1. The number of rotatable bonds is 4. The second-order valence-corrected chi connectivity index (χ2v) is 8.53. The molecule has 0 aromatic heterocycles. The van der Waals surface area contributed by atoms with Gasteiger partial charge in [0.25, 0.3) is 5.69 Å². The minimum atomic E-state index is -3.78. The fraction of sp³-hybridized carbons (Fsp3) is 0.600. The van der Waals surface area contributed by atoms with E-state index in [0.717, 1.165) is 6.07 Å². The molecule has 1 saturated heterocycles. The zero-order valence-corrected chi connectivity index (χ0v) is 15.7. The Balaban J connectivity index is 0.00000288. The molecular formula is C15H24ClN3O4S. The van der Waals surface area contributed by atoms with Crippen LogP contribution in [0.2, 0.25) is 0 Å². The Bertz CT molecular complexity index is 721. The van der Waals surface area contributed by atoms with Crippen molar-refractivity contribution in [2.75, 3.05) is 13.1 Å². The number of benzene rings is 1. The Morgan fingerprint density at radius 1 is 1.42 bits per heavy atom. The smallest absolute Gasteiger partial charge is 0.270 e. The minimum absolute atomic E-state index is 0. The number of piperidine rings is 1. The quantitative estimate of drug-likeness (QED) is 0.640. The molecule has 1 aromatic rings. The van der Waals surface area contributed by atoms with Crippen LogP contribution in [-0.2, 0) is 16.4 Å². The molecule has 1 heterocycles. The molecule has 0 spiro atoms. The fourth-order valence-electron chi connectivity index (χ4n) is 2.86. The highest BCUT2D eigenvalue weighted by Crippen LogP contribution is 2.33. The number of hydrogen-bond acceptors (Lipinski definition) is 5. The molecule has 1 aliphatic rings. The van der Waals surface area contributed by atoms with Crippen molar-refractivity contribution in [1.82, 2.24) is 4.31 Å². The Labute approximate surface area is 148 Å². The van der Waals surface area contributed by atoms with Gasteiger partial charge in [-0.1, -0.05) is 26.8 Å². The van der Waals surface area contributed by atoms with Crippen molar-refractivity contribution in [3.8, 4) is 0 Å². The number of nitrogens with zero attached hydrogens (tertiary/aromatic N) is 2. The molecule has 0 amide bonds. The van der Waals surface area contributed by atoms with Crippen LogP contribution in [0.1, 0.15) is 32.8 Å². The van der Waals surface area contributed by atoms with Crippen LogP contribution in [0, 0.1) is 15.5 Å². The third-order valence-electron chi connectivity index (χ3n) is 4.54. The van der Waals surface area contributed by atoms with Gasteiger partial charge < -0.3 is 5.73 Å². The lowest BCUT2D eigenvalue weighted by Crippen LogP contribution is -2.53. The molecule has 1 atom stereocenters. The van der Waals surface area contributed by atoms with E-state index < -0.39 is 14.9 Å². The number of aryl methyl sites for hydroxylation is 1. The van der Waals surface area contributed by atoms with E-state index in [0.29, 0.717) is 31.5 Å². The van der Waals surface area contributed by atoms with Gasteiger partial charge in [0.1, 0.15) is 0 Å². The van der Waals surface area contributed by atoms with Crippen LogP contribution in [0.3, 0.4) is 0 Å². The Kier molecular flexibility index (Phi) is 6.37. The van der Waals surface area contributed by atoms with E-state index in [1.165, 1.54) is 16.4 Å². The topological polar surface area (TPSA) is 107 Å². The number of non-ortho nitro benzene ring substituents is 1. The van der Waals surface area contributed by atoms with Crippen molar-refractivity contribution in [2.24, 2.45) is 11.1 Å². The van der Waals surface area contributed by atoms with E-state index in [4.69, 9.17) is 5.73 Å². The van der Waals surface area contributed by atoms with E-state index in [-0.39, 0.29) is 34.4 Å². The van der Waals surface area contributed by atoms with Crippen LogP contribution in [0.4, 0.5) is 5.69 Å². The molecule has 2 rings (SSSR count). The van der Waals surface area contributed by atoms with Crippen molar-refractivity contribution in [2.45, 2.75) is 44.6 Å².